The van der Waals surface area contributed by atoms with E-state index in [0.717, 1.165) is 44.4 Å². The maximum absolute atomic E-state index is 5.15. The molecule has 10 rings (SSSR count). The summed E-state index contributed by atoms with van der Waals surface area (Å²) in [6, 6.07) is 50.5. The first-order valence-corrected chi connectivity index (χ1v) is 15.7. The fraction of sp³-hybridized carbons (Fsp3) is 0. The van der Waals surface area contributed by atoms with Gasteiger partial charge in [-0.15, -0.1) is 0 Å². The number of pyridine rings is 1. The van der Waals surface area contributed by atoms with Crippen molar-refractivity contribution in [2.45, 2.75) is 0 Å². The zero-order valence-corrected chi connectivity index (χ0v) is 25.2. The van der Waals surface area contributed by atoms with Crippen molar-refractivity contribution in [3.8, 4) is 62.2 Å². The first-order chi connectivity index (χ1) is 23.3. The molecule has 1 aliphatic carbocycles. The minimum Gasteiger partial charge on any atom is -0.309 e. The summed E-state index contributed by atoms with van der Waals surface area (Å²) < 4.78 is 2.40. The van der Waals surface area contributed by atoms with Crippen molar-refractivity contribution >= 4 is 32.6 Å². The molecule has 0 aliphatic heterocycles. The Morgan fingerprint density at radius 1 is 0.426 bits per heavy atom. The molecule has 0 bridgehead atoms. The van der Waals surface area contributed by atoms with Gasteiger partial charge in [0, 0.05) is 55.9 Å². The number of para-hydroxylation sites is 2. The topological polar surface area (TPSA) is 56.5 Å². The normalized spacial score (nSPS) is 11.8. The van der Waals surface area contributed by atoms with Crippen molar-refractivity contribution < 1.29 is 0 Å². The predicted octanol–water partition coefficient (Wildman–Crippen LogP) is 10.2. The quantitative estimate of drug-likeness (QED) is 0.202. The molecule has 0 unspecified atom stereocenters. The Morgan fingerprint density at radius 2 is 1.04 bits per heavy atom. The second-order valence-electron chi connectivity index (χ2n) is 11.9. The van der Waals surface area contributed by atoms with Crippen LogP contribution in [-0.2, 0) is 0 Å². The van der Waals surface area contributed by atoms with Gasteiger partial charge in [0.15, 0.2) is 17.5 Å². The summed E-state index contributed by atoms with van der Waals surface area (Å²) in [6.07, 6.45) is 1.94. The first-order valence-electron chi connectivity index (χ1n) is 15.7. The number of aromatic nitrogens is 5. The molecule has 47 heavy (non-hydrogen) atoms. The van der Waals surface area contributed by atoms with E-state index in [1.54, 1.807) is 0 Å². The van der Waals surface area contributed by atoms with Gasteiger partial charge in [-0.05, 0) is 29.1 Å². The van der Waals surface area contributed by atoms with Crippen LogP contribution in [0, 0.1) is 0 Å². The minimum absolute atomic E-state index is 0.605. The maximum atomic E-state index is 5.15. The van der Waals surface area contributed by atoms with Gasteiger partial charge in [0.1, 0.15) is 0 Å². The van der Waals surface area contributed by atoms with Crippen LogP contribution in [0.5, 0.6) is 0 Å². The fourth-order valence-corrected chi connectivity index (χ4v) is 7.19. The zero-order chi connectivity index (χ0) is 30.9. The smallest absolute Gasteiger partial charge is 0.166 e. The second kappa shape index (κ2) is 10.0. The van der Waals surface area contributed by atoms with Crippen molar-refractivity contribution in [1.29, 1.82) is 0 Å². The molecule has 0 saturated carbocycles. The maximum Gasteiger partial charge on any atom is 0.166 e. The molecule has 3 aromatic heterocycles. The Kier molecular flexibility index (Phi) is 5.51. The molecule has 0 amide bonds. The van der Waals surface area contributed by atoms with Crippen molar-refractivity contribution in [3.63, 3.8) is 0 Å². The summed E-state index contributed by atoms with van der Waals surface area (Å²) in [6.45, 7) is 0. The number of fused-ring (bicyclic) bond motifs is 7. The van der Waals surface area contributed by atoms with Crippen LogP contribution >= 0.6 is 0 Å². The van der Waals surface area contributed by atoms with Crippen LogP contribution < -0.4 is 0 Å². The summed E-state index contributed by atoms with van der Waals surface area (Å²) >= 11 is 0. The molecule has 0 saturated heterocycles. The van der Waals surface area contributed by atoms with Crippen LogP contribution in [0.2, 0.25) is 0 Å². The molecule has 6 aromatic carbocycles. The average Bonchev–Trinajstić information content (AvgIpc) is 3.66. The van der Waals surface area contributed by atoms with Crippen LogP contribution in [0.25, 0.3) is 94.8 Å². The van der Waals surface area contributed by atoms with Gasteiger partial charge in [0.2, 0.25) is 0 Å². The van der Waals surface area contributed by atoms with E-state index in [1.165, 1.54) is 32.9 Å². The minimum atomic E-state index is 0.605. The zero-order valence-electron chi connectivity index (χ0n) is 25.2. The molecule has 0 N–H and O–H groups in total. The number of hydrogen-bond donors (Lipinski definition) is 0. The lowest BCUT2D eigenvalue weighted by Crippen LogP contribution is -2.01. The van der Waals surface area contributed by atoms with Crippen LogP contribution in [0.1, 0.15) is 0 Å². The molecule has 5 heteroatoms. The summed E-state index contributed by atoms with van der Waals surface area (Å²) in [5.41, 5.74) is 10.8. The Labute approximate surface area is 270 Å². The molecule has 0 radical (unpaired) electrons. The Bertz CT molecular complexity index is 2600. The third-order valence-electron chi connectivity index (χ3n) is 9.23. The number of benzene rings is 6. The SMILES string of the molecule is c1ccc(-c2nc(-c3ccccc3)nc(-c3cnc4c5c(cccc35)-c3c-4ccc4c5ccccc5n(-c5ccccc5)c34)n2)cc1. The fourth-order valence-electron chi connectivity index (χ4n) is 7.19. The van der Waals surface area contributed by atoms with E-state index in [2.05, 4.69) is 89.5 Å². The van der Waals surface area contributed by atoms with Crippen LogP contribution in [0.15, 0.2) is 152 Å². The summed E-state index contributed by atoms with van der Waals surface area (Å²) in [7, 11) is 0. The molecule has 0 atom stereocenters. The van der Waals surface area contributed by atoms with Crippen molar-refractivity contribution in [1.82, 2.24) is 24.5 Å². The molecule has 5 nitrogen and oxygen atoms in total. The number of rotatable bonds is 4. The third kappa shape index (κ3) is 3.83. The second-order valence-corrected chi connectivity index (χ2v) is 11.9. The van der Waals surface area contributed by atoms with E-state index >= 15 is 0 Å². The van der Waals surface area contributed by atoms with Gasteiger partial charge in [-0.2, -0.15) is 0 Å². The number of nitrogens with zero attached hydrogens (tertiary/aromatic N) is 5. The Balaban J connectivity index is 1.25. The largest absolute Gasteiger partial charge is 0.309 e. The molecular weight excluding hydrogens is 574 g/mol. The summed E-state index contributed by atoms with van der Waals surface area (Å²) in [5, 5.41) is 4.66. The summed E-state index contributed by atoms with van der Waals surface area (Å²) in [4.78, 5) is 20.2. The van der Waals surface area contributed by atoms with Gasteiger partial charge in [-0.25, -0.2) is 15.0 Å². The highest BCUT2D eigenvalue weighted by Crippen LogP contribution is 2.52. The predicted molar refractivity (Wildman–Crippen MR) is 190 cm³/mol. The third-order valence-corrected chi connectivity index (χ3v) is 9.23. The molecular formula is C42H25N5. The van der Waals surface area contributed by atoms with E-state index in [1.807, 2.05) is 66.9 Å². The van der Waals surface area contributed by atoms with Gasteiger partial charge >= 0.3 is 0 Å². The standard InChI is InChI=1S/C42H25N5/c1-4-13-26(14-5-1)40-44-41(27-15-6-2-7-16-27)46-42(45-40)34-25-43-38-33-24-23-31-29-19-10-11-22-35(29)47(28-17-8-3-9-18-28)39(31)37(33)32-21-12-20-30(34)36(32)38/h1-25H. The van der Waals surface area contributed by atoms with E-state index in [9.17, 15) is 0 Å². The van der Waals surface area contributed by atoms with E-state index < -0.39 is 0 Å². The van der Waals surface area contributed by atoms with Gasteiger partial charge in [0.05, 0.1) is 16.7 Å². The van der Waals surface area contributed by atoms with Crippen LogP contribution in [0.3, 0.4) is 0 Å². The van der Waals surface area contributed by atoms with Gasteiger partial charge in [0.25, 0.3) is 0 Å². The number of hydrogen-bond acceptors (Lipinski definition) is 4. The highest BCUT2D eigenvalue weighted by molar-refractivity contribution is 6.25. The summed E-state index contributed by atoms with van der Waals surface area (Å²) in [5.74, 6) is 1.87. The van der Waals surface area contributed by atoms with Crippen molar-refractivity contribution in [3.05, 3.63) is 152 Å². The van der Waals surface area contributed by atoms with Crippen LogP contribution in [0.4, 0.5) is 0 Å². The highest BCUT2D eigenvalue weighted by atomic mass is 15.0. The van der Waals surface area contributed by atoms with Gasteiger partial charge in [-0.3, -0.25) is 4.98 Å². The van der Waals surface area contributed by atoms with E-state index in [0.29, 0.717) is 17.5 Å². The van der Waals surface area contributed by atoms with Crippen LogP contribution in [-0.4, -0.2) is 24.5 Å². The average molecular weight is 600 g/mol. The molecule has 9 aromatic rings. The van der Waals surface area contributed by atoms with E-state index in [-0.39, 0.29) is 0 Å². The lowest BCUT2D eigenvalue weighted by atomic mass is 9.99. The molecule has 0 spiro atoms. The van der Waals surface area contributed by atoms with Crippen molar-refractivity contribution in [2.24, 2.45) is 0 Å². The lowest BCUT2D eigenvalue weighted by Gasteiger charge is -2.12. The van der Waals surface area contributed by atoms with Crippen molar-refractivity contribution in [2.75, 3.05) is 0 Å². The molecule has 218 valence electrons. The van der Waals surface area contributed by atoms with Gasteiger partial charge in [-0.1, -0.05) is 127 Å². The monoisotopic (exact) mass is 599 g/mol. The van der Waals surface area contributed by atoms with Gasteiger partial charge < -0.3 is 4.57 Å². The first kappa shape index (κ1) is 25.8. The molecule has 1 aliphatic rings. The van der Waals surface area contributed by atoms with E-state index in [4.69, 9.17) is 19.9 Å². The Morgan fingerprint density at radius 3 is 1.77 bits per heavy atom. The Hall–Kier alpha value is -6.46. The highest BCUT2D eigenvalue weighted by Gasteiger charge is 2.29. The molecule has 3 heterocycles. The molecule has 0 fully saturated rings. The lowest BCUT2D eigenvalue weighted by molar-refractivity contribution is 1.07.